The van der Waals surface area contributed by atoms with Gasteiger partial charge in [-0.2, -0.15) is 0 Å². The van der Waals surface area contributed by atoms with Crippen LogP contribution < -0.4 is 4.74 Å². The molecule has 0 heterocycles. The van der Waals surface area contributed by atoms with Crippen molar-refractivity contribution in [3.63, 3.8) is 0 Å². The molecule has 2 aromatic carbocycles. The summed E-state index contributed by atoms with van der Waals surface area (Å²) in [6.07, 6.45) is -0.477. The Morgan fingerprint density at radius 3 is 2.13 bits per heavy atom. The van der Waals surface area contributed by atoms with Crippen molar-refractivity contribution in [2.24, 2.45) is 0 Å². The number of rotatable bonds is 7. The fourth-order valence-electron chi connectivity index (χ4n) is 3.14. The third-order valence-electron chi connectivity index (χ3n) is 4.75. The van der Waals surface area contributed by atoms with Crippen molar-refractivity contribution in [1.29, 1.82) is 0 Å². The molecule has 1 unspecified atom stereocenters. The summed E-state index contributed by atoms with van der Waals surface area (Å²) in [5.74, 6) is -0.350. The lowest BCUT2D eigenvalue weighted by atomic mass is 9.95. The molecular weight excluding hydrogens is 382 g/mol. The Bertz CT molecular complexity index is 863. The zero-order valence-electron chi connectivity index (χ0n) is 18.6. The van der Waals surface area contributed by atoms with E-state index in [9.17, 15) is 14.7 Å². The average molecular weight is 414 g/mol. The lowest BCUT2D eigenvalue weighted by Gasteiger charge is -2.29. The van der Waals surface area contributed by atoms with Crippen LogP contribution in [0.3, 0.4) is 0 Å². The van der Waals surface area contributed by atoms with Crippen molar-refractivity contribution in [2.75, 3.05) is 7.05 Å². The predicted octanol–water partition coefficient (Wildman–Crippen LogP) is 4.75. The summed E-state index contributed by atoms with van der Waals surface area (Å²) in [4.78, 5) is 25.4. The van der Waals surface area contributed by atoms with E-state index in [2.05, 4.69) is 0 Å². The van der Waals surface area contributed by atoms with E-state index < -0.39 is 23.7 Å². The smallest absolute Gasteiger partial charge is 0.410 e. The Hall–Kier alpha value is -3.02. The fourth-order valence-corrected chi connectivity index (χ4v) is 3.14. The van der Waals surface area contributed by atoms with Gasteiger partial charge in [-0.3, -0.25) is 4.90 Å². The van der Waals surface area contributed by atoms with Crippen LogP contribution in [-0.4, -0.2) is 40.8 Å². The molecule has 0 saturated heterocycles. The van der Waals surface area contributed by atoms with Gasteiger partial charge in [-0.25, -0.2) is 9.59 Å². The van der Waals surface area contributed by atoms with Gasteiger partial charge in [0.25, 0.3) is 0 Å². The first-order chi connectivity index (χ1) is 14.0. The van der Waals surface area contributed by atoms with Crippen LogP contribution in [0.5, 0.6) is 5.75 Å². The number of benzene rings is 2. The third kappa shape index (κ3) is 6.51. The summed E-state index contributed by atoms with van der Waals surface area (Å²) in [5.41, 5.74) is 3.09. The van der Waals surface area contributed by atoms with Gasteiger partial charge in [0.05, 0.1) is 0 Å². The van der Waals surface area contributed by atoms with Gasteiger partial charge in [-0.1, -0.05) is 30.3 Å². The number of carboxylic acids is 1. The lowest BCUT2D eigenvalue weighted by Crippen LogP contribution is -2.46. The van der Waals surface area contributed by atoms with Crippen molar-refractivity contribution in [1.82, 2.24) is 4.90 Å². The van der Waals surface area contributed by atoms with Crippen LogP contribution in [0.4, 0.5) is 4.79 Å². The quantitative estimate of drug-likeness (QED) is 0.709. The van der Waals surface area contributed by atoms with Crippen LogP contribution in [0.2, 0.25) is 0 Å². The first-order valence-electron chi connectivity index (χ1n) is 9.93. The molecule has 0 spiro atoms. The van der Waals surface area contributed by atoms with Gasteiger partial charge in [0, 0.05) is 13.5 Å². The highest BCUT2D eigenvalue weighted by Crippen LogP contribution is 2.25. The van der Waals surface area contributed by atoms with E-state index >= 15 is 0 Å². The second-order valence-corrected chi connectivity index (χ2v) is 8.46. The molecule has 162 valence electrons. The standard InChI is InChI=1S/C24H31NO5/c1-16-12-19(29-15-18-10-8-7-9-11-18)13-17(2)20(16)14-21(22(26)27)25(6)23(28)30-24(3,4)5/h7-13,21H,14-15H2,1-6H3,(H,26,27). The maximum atomic E-state index is 12.4. The van der Waals surface area contributed by atoms with Crippen LogP contribution in [0.1, 0.15) is 43.0 Å². The minimum Gasteiger partial charge on any atom is -0.489 e. The molecule has 6 heteroatoms. The van der Waals surface area contributed by atoms with Gasteiger partial charge < -0.3 is 14.6 Å². The second-order valence-electron chi connectivity index (χ2n) is 8.46. The molecule has 1 atom stereocenters. The molecule has 0 radical (unpaired) electrons. The highest BCUT2D eigenvalue weighted by atomic mass is 16.6. The Balaban J connectivity index is 2.16. The molecule has 30 heavy (non-hydrogen) atoms. The molecule has 0 aromatic heterocycles. The van der Waals surface area contributed by atoms with Gasteiger partial charge in [-0.15, -0.1) is 0 Å². The molecule has 6 nitrogen and oxygen atoms in total. The van der Waals surface area contributed by atoms with Crippen LogP contribution in [-0.2, 0) is 22.6 Å². The van der Waals surface area contributed by atoms with Crippen molar-refractivity contribution < 1.29 is 24.2 Å². The summed E-state index contributed by atoms with van der Waals surface area (Å²) in [5, 5.41) is 9.72. The number of ether oxygens (including phenoxy) is 2. The highest BCUT2D eigenvalue weighted by Gasteiger charge is 2.31. The van der Waals surface area contributed by atoms with E-state index in [-0.39, 0.29) is 6.42 Å². The Labute approximate surface area is 178 Å². The fraction of sp³-hybridized carbons (Fsp3) is 0.417. The maximum Gasteiger partial charge on any atom is 0.410 e. The summed E-state index contributed by atoms with van der Waals surface area (Å²) < 4.78 is 11.2. The second kappa shape index (κ2) is 9.65. The van der Waals surface area contributed by atoms with E-state index in [1.54, 1.807) is 20.8 Å². The number of likely N-dealkylation sites (N-methyl/N-ethyl adjacent to an activating group) is 1. The van der Waals surface area contributed by atoms with Crippen molar-refractivity contribution >= 4 is 12.1 Å². The molecule has 1 amide bonds. The van der Waals surface area contributed by atoms with Crippen molar-refractivity contribution in [3.05, 3.63) is 64.7 Å². The summed E-state index contributed by atoms with van der Waals surface area (Å²) in [6.45, 7) is 9.54. The van der Waals surface area contributed by atoms with E-state index in [0.29, 0.717) is 6.61 Å². The SMILES string of the molecule is Cc1cc(OCc2ccccc2)cc(C)c1CC(C(=O)O)N(C)C(=O)OC(C)(C)C. The molecule has 0 fully saturated rings. The summed E-state index contributed by atoms with van der Waals surface area (Å²) in [7, 11) is 1.45. The van der Waals surface area contributed by atoms with Crippen molar-refractivity contribution in [3.8, 4) is 5.75 Å². The molecule has 0 aliphatic carbocycles. The van der Waals surface area contributed by atoms with Crippen LogP contribution in [0, 0.1) is 13.8 Å². The summed E-state index contributed by atoms with van der Waals surface area (Å²) in [6, 6.07) is 12.6. The Morgan fingerprint density at radius 1 is 1.07 bits per heavy atom. The number of aliphatic carboxylic acids is 1. The largest absolute Gasteiger partial charge is 0.489 e. The monoisotopic (exact) mass is 413 g/mol. The molecule has 0 saturated carbocycles. The first kappa shape index (κ1) is 23.3. The normalized spacial score (nSPS) is 12.2. The van der Waals surface area contributed by atoms with Gasteiger partial charge >= 0.3 is 12.1 Å². The Kier molecular flexibility index (Phi) is 7.48. The number of carboxylic acid groups (broad SMARTS) is 1. The molecule has 0 aliphatic rings. The van der Waals surface area contributed by atoms with E-state index in [0.717, 1.165) is 32.9 Å². The molecule has 2 aromatic rings. The zero-order chi connectivity index (χ0) is 22.5. The van der Waals surface area contributed by atoms with Crippen LogP contribution >= 0.6 is 0 Å². The van der Waals surface area contributed by atoms with Gasteiger partial charge in [0.1, 0.15) is 24.0 Å². The van der Waals surface area contributed by atoms with Crippen LogP contribution in [0.15, 0.2) is 42.5 Å². The van der Waals surface area contributed by atoms with E-state index in [4.69, 9.17) is 9.47 Å². The molecule has 0 aliphatic heterocycles. The molecule has 2 rings (SSSR count). The number of amides is 1. The number of nitrogens with zero attached hydrogens (tertiary/aromatic N) is 1. The third-order valence-corrected chi connectivity index (χ3v) is 4.75. The van der Waals surface area contributed by atoms with Gasteiger partial charge in [0.15, 0.2) is 0 Å². The summed E-state index contributed by atoms with van der Waals surface area (Å²) >= 11 is 0. The molecule has 1 N–H and O–H groups in total. The topological polar surface area (TPSA) is 76.1 Å². The molecule has 0 bridgehead atoms. The van der Waals surface area contributed by atoms with Crippen molar-refractivity contribution in [2.45, 2.75) is 59.3 Å². The number of hydrogen-bond donors (Lipinski definition) is 1. The minimum absolute atomic E-state index is 0.182. The minimum atomic E-state index is -1.08. The lowest BCUT2D eigenvalue weighted by molar-refractivity contribution is -0.142. The average Bonchev–Trinajstić information content (AvgIpc) is 2.64. The van der Waals surface area contributed by atoms with Gasteiger partial charge in [-0.05, 0) is 69.0 Å². The molecular formula is C24H31NO5. The van der Waals surface area contributed by atoms with Gasteiger partial charge in [0.2, 0.25) is 0 Å². The Morgan fingerprint density at radius 2 is 1.63 bits per heavy atom. The van der Waals surface area contributed by atoms with E-state index in [1.165, 1.54) is 7.05 Å². The zero-order valence-corrected chi connectivity index (χ0v) is 18.6. The number of carbonyl (C=O) groups excluding carboxylic acids is 1. The number of hydrogen-bond acceptors (Lipinski definition) is 4. The van der Waals surface area contributed by atoms with Crippen LogP contribution in [0.25, 0.3) is 0 Å². The highest BCUT2D eigenvalue weighted by molar-refractivity contribution is 5.80. The predicted molar refractivity (Wildman–Crippen MR) is 116 cm³/mol. The number of aryl methyl sites for hydroxylation is 2. The van der Waals surface area contributed by atoms with E-state index in [1.807, 2.05) is 56.3 Å². The first-order valence-corrected chi connectivity index (χ1v) is 9.93. The maximum absolute atomic E-state index is 12.4. The number of carbonyl (C=O) groups is 2.